The van der Waals surface area contributed by atoms with Gasteiger partial charge in [-0.25, -0.2) is 9.97 Å². The molecule has 0 spiro atoms. The Balaban J connectivity index is 2.49. The predicted octanol–water partition coefficient (Wildman–Crippen LogP) is 3.96. The van der Waals surface area contributed by atoms with Gasteiger partial charge in [-0.15, -0.1) is 0 Å². The van der Waals surface area contributed by atoms with Gasteiger partial charge in [0.25, 0.3) is 0 Å². The molecule has 0 aliphatic heterocycles. The first-order chi connectivity index (χ1) is 8.60. The Morgan fingerprint density at radius 1 is 1.11 bits per heavy atom. The maximum Gasteiger partial charge on any atom is 0.133 e. The highest BCUT2D eigenvalue weighted by atomic mass is 35.5. The van der Waals surface area contributed by atoms with E-state index in [1.54, 1.807) is 0 Å². The Morgan fingerprint density at radius 2 is 1.78 bits per heavy atom. The van der Waals surface area contributed by atoms with E-state index in [4.69, 9.17) is 11.6 Å². The Hall–Kier alpha value is -1.61. The highest BCUT2D eigenvalue weighted by Crippen LogP contribution is 2.23. The number of halogens is 1. The summed E-state index contributed by atoms with van der Waals surface area (Å²) in [5.41, 5.74) is 1.95. The largest absolute Gasteiger partial charge is 0.373 e. The van der Waals surface area contributed by atoms with E-state index in [1.165, 1.54) is 0 Å². The number of hydrogen-bond acceptors (Lipinski definition) is 3. The predicted molar refractivity (Wildman–Crippen MR) is 76.1 cm³/mol. The van der Waals surface area contributed by atoms with Gasteiger partial charge in [0.15, 0.2) is 0 Å². The summed E-state index contributed by atoms with van der Waals surface area (Å²) < 4.78 is 0. The van der Waals surface area contributed by atoms with E-state index in [-0.39, 0.29) is 0 Å². The van der Waals surface area contributed by atoms with Crippen LogP contribution in [0.2, 0.25) is 5.02 Å². The molecule has 1 heterocycles. The molecule has 1 aromatic carbocycles. The van der Waals surface area contributed by atoms with Crippen molar-refractivity contribution in [1.82, 2.24) is 9.97 Å². The lowest BCUT2D eigenvalue weighted by atomic mass is 10.1. The Labute approximate surface area is 112 Å². The standard InChI is InChI=1S/C14H16ClN3/c1-9(2)14-17-12(8-13(16-3)18-14)10-4-6-11(15)7-5-10/h4-9H,1-3H3,(H,16,17,18). The van der Waals surface area contributed by atoms with Crippen LogP contribution in [0.1, 0.15) is 25.6 Å². The Kier molecular flexibility index (Phi) is 3.82. The smallest absolute Gasteiger partial charge is 0.133 e. The fourth-order valence-corrected chi connectivity index (χ4v) is 1.75. The van der Waals surface area contributed by atoms with Gasteiger partial charge in [-0.2, -0.15) is 0 Å². The molecule has 2 aromatic rings. The fraction of sp³-hybridized carbons (Fsp3) is 0.286. The minimum absolute atomic E-state index is 0.296. The third-order valence-electron chi connectivity index (χ3n) is 2.66. The summed E-state index contributed by atoms with van der Waals surface area (Å²) in [5.74, 6) is 1.97. The number of nitrogens with one attached hydrogen (secondary N) is 1. The molecule has 0 aliphatic rings. The van der Waals surface area contributed by atoms with Crippen molar-refractivity contribution in [3.05, 3.63) is 41.2 Å². The van der Waals surface area contributed by atoms with Gasteiger partial charge in [0, 0.05) is 29.6 Å². The molecule has 0 radical (unpaired) electrons. The molecule has 2 rings (SSSR count). The number of anilines is 1. The zero-order valence-corrected chi connectivity index (χ0v) is 11.5. The molecule has 18 heavy (non-hydrogen) atoms. The molecule has 4 heteroatoms. The maximum absolute atomic E-state index is 5.89. The molecule has 0 atom stereocenters. The zero-order chi connectivity index (χ0) is 13.1. The van der Waals surface area contributed by atoms with Crippen LogP contribution < -0.4 is 5.32 Å². The second-order valence-corrected chi connectivity index (χ2v) is 4.84. The molecule has 0 bridgehead atoms. The van der Waals surface area contributed by atoms with E-state index in [9.17, 15) is 0 Å². The van der Waals surface area contributed by atoms with Gasteiger partial charge in [-0.3, -0.25) is 0 Å². The van der Waals surface area contributed by atoms with Crippen molar-refractivity contribution in [2.75, 3.05) is 12.4 Å². The summed E-state index contributed by atoms with van der Waals surface area (Å²) in [4.78, 5) is 9.03. The molecule has 1 N–H and O–H groups in total. The molecule has 0 saturated carbocycles. The normalized spacial score (nSPS) is 10.7. The quantitative estimate of drug-likeness (QED) is 0.909. The number of rotatable bonds is 3. The van der Waals surface area contributed by atoms with E-state index in [2.05, 4.69) is 29.1 Å². The Morgan fingerprint density at radius 3 is 2.33 bits per heavy atom. The van der Waals surface area contributed by atoms with Crippen LogP contribution in [-0.4, -0.2) is 17.0 Å². The van der Waals surface area contributed by atoms with Crippen LogP contribution in [-0.2, 0) is 0 Å². The van der Waals surface area contributed by atoms with Gasteiger partial charge in [0.1, 0.15) is 11.6 Å². The van der Waals surface area contributed by atoms with Crippen molar-refractivity contribution in [3.8, 4) is 11.3 Å². The van der Waals surface area contributed by atoms with Gasteiger partial charge < -0.3 is 5.32 Å². The Bertz CT molecular complexity index is 535. The second-order valence-electron chi connectivity index (χ2n) is 4.41. The van der Waals surface area contributed by atoms with Gasteiger partial charge in [0.2, 0.25) is 0 Å². The fourth-order valence-electron chi connectivity index (χ4n) is 1.62. The maximum atomic E-state index is 5.89. The summed E-state index contributed by atoms with van der Waals surface area (Å²) in [6.45, 7) is 4.17. The molecule has 0 amide bonds. The van der Waals surface area contributed by atoms with Crippen molar-refractivity contribution in [2.45, 2.75) is 19.8 Å². The SMILES string of the molecule is CNc1cc(-c2ccc(Cl)cc2)nc(C(C)C)n1. The van der Waals surface area contributed by atoms with Crippen LogP contribution in [0.5, 0.6) is 0 Å². The van der Waals surface area contributed by atoms with Gasteiger partial charge >= 0.3 is 0 Å². The lowest BCUT2D eigenvalue weighted by Crippen LogP contribution is -2.03. The van der Waals surface area contributed by atoms with Crippen LogP contribution in [0, 0.1) is 0 Å². The van der Waals surface area contributed by atoms with Crippen LogP contribution >= 0.6 is 11.6 Å². The van der Waals surface area contributed by atoms with Crippen LogP contribution in [0.15, 0.2) is 30.3 Å². The highest BCUT2D eigenvalue weighted by Gasteiger charge is 2.08. The van der Waals surface area contributed by atoms with Crippen LogP contribution in [0.4, 0.5) is 5.82 Å². The minimum atomic E-state index is 0.296. The molecule has 1 aromatic heterocycles. The lowest BCUT2D eigenvalue weighted by molar-refractivity contribution is 0.777. The lowest BCUT2D eigenvalue weighted by Gasteiger charge is -2.10. The van der Waals surface area contributed by atoms with E-state index in [0.717, 1.165) is 27.9 Å². The summed E-state index contributed by atoms with van der Waals surface area (Å²) in [7, 11) is 1.86. The molecule has 94 valence electrons. The molecular formula is C14H16ClN3. The van der Waals surface area contributed by atoms with Gasteiger partial charge in [-0.05, 0) is 12.1 Å². The third kappa shape index (κ3) is 2.79. The van der Waals surface area contributed by atoms with Crippen LogP contribution in [0.25, 0.3) is 11.3 Å². The first-order valence-electron chi connectivity index (χ1n) is 5.93. The van der Waals surface area contributed by atoms with E-state index >= 15 is 0 Å². The van der Waals surface area contributed by atoms with E-state index < -0.39 is 0 Å². The van der Waals surface area contributed by atoms with Gasteiger partial charge in [0.05, 0.1) is 5.69 Å². The third-order valence-corrected chi connectivity index (χ3v) is 2.91. The monoisotopic (exact) mass is 261 g/mol. The first kappa shape index (κ1) is 12.8. The molecular weight excluding hydrogens is 246 g/mol. The molecule has 0 saturated heterocycles. The second kappa shape index (κ2) is 5.36. The van der Waals surface area contributed by atoms with Crippen molar-refractivity contribution in [1.29, 1.82) is 0 Å². The van der Waals surface area contributed by atoms with Crippen molar-refractivity contribution in [2.24, 2.45) is 0 Å². The highest BCUT2D eigenvalue weighted by molar-refractivity contribution is 6.30. The molecule has 0 aliphatic carbocycles. The topological polar surface area (TPSA) is 37.8 Å². The summed E-state index contributed by atoms with van der Waals surface area (Å²) >= 11 is 5.89. The summed E-state index contributed by atoms with van der Waals surface area (Å²) in [6, 6.07) is 9.61. The average Bonchev–Trinajstić information content (AvgIpc) is 2.39. The first-order valence-corrected chi connectivity index (χ1v) is 6.30. The molecule has 3 nitrogen and oxygen atoms in total. The van der Waals surface area contributed by atoms with E-state index in [0.29, 0.717) is 5.92 Å². The van der Waals surface area contributed by atoms with Gasteiger partial charge in [-0.1, -0.05) is 37.6 Å². The number of benzene rings is 1. The number of aromatic nitrogens is 2. The van der Waals surface area contributed by atoms with Crippen molar-refractivity contribution >= 4 is 17.4 Å². The summed E-state index contributed by atoms with van der Waals surface area (Å²) in [6.07, 6.45) is 0. The number of nitrogens with zero attached hydrogens (tertiary/aromatic N) is 2. The molecule has 0 fully saturated rings. The van der Waals surface area contributed by atoms with Crippen molar-refractivity contribution in [3.63, 3.8) is 0 Å². The van der Waals surface area contributed by atoms with Crippen molar-refractivity contribution < 1.29 is 0 Å². The van der Waals surface area contributed by atoms with Crippen LogP contribution in [0.3, 0.4) is 0 Å². The average molecular weight is 262 g/mol. The zero-order valence-electron chi connectivity index (χ0n) is 10.7. The minimum Gasteiger partial charge on any atom is -0.373 e. The number of hydrogen-bond donors (Lipinski definition) is 1. The van der Waals surface area contributed by atoms with E-state index in [1.807, 2.05) is 37.4 Å². The molecule has 0 unspecified atom stereocenters. The summed E-state index contributed by atoms with van der Waals surface area (Å²) in [5, 5.41) is 3.79.